The summed E-state index contributed by atoms with van der Waals surface area (Å²) in [5.41, 5.74) is 5.78. The zero-order valence-corrected chi connectivity index (χ0v) is 17.7. The van der Waals surface area contributed by atoms with Gasteiger partial charge in [0.25, 0.3) is 0 Å². The molecule has 29 heavy (non-hydrogen) atoms. The van der Waals surface area contributed by atoms with Crippen molar-refractivity contribution in [2.75, 3.05) is 0 Å². The van der Waals surface area contributed by atoms with Gasteiger partial charge in [0.1, 0.15) is 11.2 Å². The Morgan fingerprint density at radius 3 is 2.45 bits per heavy atom. The van der Waals surface area contributed by atoms with Crippen molar-refractivity contribution < 1.29 is 24.5 Å². The summed E-state index contributed by atoms with van der Waals surface area (Å²) in [5, 5.41) is 2.26. The van der Waals surface area contributed by atoms with Gasteiger partial charge in [-0.25, -0.2) is 0 Å². The van der Waals surface area contributed by atoms with Crippen LogP contribution in [0.1, 0.15) is 0 Å². The van der Waals surface area contributed by atoms with E-state index in [4.69, 9.17) is 9.40 Å². The molecule has 141 valence electrons. The second kappa shape index (κ2) is 7.00. The summed E-state index contributed by atoms with van der Waals surface area (Å²) >= 11 is 0. The first-order valence-electron chi connectivity index (χ1n) is 9.25. The molecule has 6 aromatic rings. The van der Waals surface area contributed by atoms with Crippen LogP contribution < -0.4 is 0 Å². The maximum Gasteiger partial charge on any atom is 0.137 e. The Labute approximate surface area is 181 Å². The summed E-state index contributed by atoms with van der Waals surface area (Å²) in [6.07, 6.45) is 0. The average Bonchev–Trinajstić information content (AvgIpc) is 3.32. The Kier molecular flexibility index (Phi) is 4.31. The van der Waals surface area contributed by atoms with Crippen molar-refractivity contribution in [3.05, 3.63) is 97.1 Å². The topological polar surface area (TPSA) is 31.0 Å². The van der Waals surface area contributed by atoms with Crippen LogP contribution in [0, 0.1) is 6.07 Å². The van der Waals surface area contributed by atoms with E-state index < -0.39 is 0 Å². The predicted octanol–water partition coefficient (Wildman–Crippen LogP) is 6.39. The number of benzene rings is 4. The minimum Gasteiger partial charge on any atom is -0.456 e. The number of fused-ring (bicyclic) bond motifs is 4. The second-order valence-electron chi connectivity index (χ2n) is 6.81. The number of furan rings is 1. The van der Waals surface area contributed by atoms with Crippen LogP contribution in [-0.2, 0) is 20.1 Å². The van der Waals surface area contributed by atoms with Crippen LogP contribution in [-0.4, -0.2) is 9.55 Å². The Morgan fingerprint density at radius 1 is 0.759 bits per heavy atom. The molecule has 2 heterocycles. The van der Waals surface area contributed by atoms with Crippen LogP contribution in [0.5, 0.6) is 0 Å². The smallest absolute Gasteiger partial charge is 0.137 e. The summed E-state index contributed by atoms with van der Waals surface area (Å²) < 4.78 is 8.28. The third kappa shape index (κ3) is 2.80. The minimum atomic E-state index is 0. The van der Waals surface area contributed by atoms with Gasteiger partial charge < -0.3 is 8.98 Å². The summed E-state index contributed by atoms with van der Waals surface area (Å²) in [6.45, 7) is 0. The van der Waals surface area contributed by atoms with E-state index in [-0.39, 0.29) is 20.1 Å². The first-order valence-corrected chi connectivity index (χ1v) is 9.25. The monoisotopic (exact) mass is 552 g/mol. The number of imidazole rings is 1. The van der Waals surface area contributed by atoms with Crippen LogP contribution >= 0.6 is 0 Å². The molecule has 0 aliphatic carbocycles. The molecule has 4 aromatic carbocycles. The van der Waals surface area contributed by atoms with Crippen molar-refractivity contribution >= 4 is 33.0 Å². The molecule has 0 saturated carbocycles. The molecule has 0 atom stereocenters. The molecular formula is C25H15IrN2O-. The van der Waals surface area contributed by atoms with E-state index in [0.29, 0.717) is 0 Å². The van der Waals surface area contributed by atoms with Gasteiger partial charge in [0.15, 0.2) is 0 Å². The number of rotatable bonds is 2. The van der Waals surface area contributed by atoms with Gasteiger partial charge in [-0.1, -0.05) is 30.3 Å². The van der Waals surface area contributed by atoms with E-state index >= 15 is 0 Å². The maximum atomic E-state index is 6.11. The zero-order chi connectivity index (χ0) is 18.5. The summed E-state index contributed by atoms with van der Waals surface area (Å²) in [5.74, 6) is 0.872. The number of para-hydroxylation sites is 3. The SMILES string of the molecule is [Ir].[c-]1ccccc1-c1nc2ccccc2n1-c1ccc2c(c1)oc1ccccc12. The predicted molar refractivity (Wildman–Crippen MR) is 113 cm³/mol. The van der Waals surface area contributed by atoms with E-state index in [9.17, 15) is 0 Å². The van der Waals surface area contributed by atoms with Gasteiger partial charge in [-0.3, -0.25) is 4.98 Å². The maximum absolute atomic E-state index is 6.11. The van der Waals surface area contributed by atoms with Crippen molar-refractivity contribution in [3.8, 4) is 17.1 Å². The molecule has 4 heteroatoms. The molecule has 0 spiro atoms. The number of hydrogen-bond acceptors (Lipinski definition) is 2. The Bertz CT molecular complexity index is 1460. The number of nitrogens with zero attached hydrogens (tertiary/aromatic N) is 2. The van der Waals surface area contributed by atoms with Gasteiger partial charge in [-0.2, -0.15) is 0 Å². The molecule has 2 aromatic heterocycles. The minimum absolute atomic E-state index is 0. The molecule has 1 radical (unpaired) electrons. The molecule has 3 nitrogen and oxygen atoms in total. The molecule has 0 aliphatic rings. The Hall–Kier alpha value is -3.20. The van der Waals surface area contributed by atoms with E-state index in [1.807, 2.05) is 60.7 Å². The second-order valence-corrected chi connectivity index (χ2v) is 6.81. The number of aromatic nitrogens is 2. The molecule has 0 bridgehead atoms. The Morgan fingerprint density at radius 2 is 1.55 bits per heavy atom. The molecule has 0 unspecified atom stereocenters. The summed E-state index contributed by atoms with van der Waals surface area (Å²) in [4.78, 5) is 4.88. The van der Waals surface area contributed by atoms with Crippen molar-refractivity contribution in [3.63, 3.8) is 0 Å². The van der Waals surface area contributed by atoms with Crippen LogP contribution in [0.4, 0.5) is 0 Å². The molecule has 0 saturated heterocycles. The first-order chi connectivity index (χ1) is 13.9. The largest absolute Gasteiger partial charge is 0.456 e. The fraction of sp³-hybridized carbons (Fsp3) is 0. The van der Waals surface area contributed by atoms with Crippen LogP contribution in [0.3, 0.4) is 0 Å². The molecule has 0 amide bonds. The normalized spacial score (nSPS) is 11.2. The van der Waals surface area contributed by atoms with Crippen LogP contribution in [0.25, 0.3) is 50.0 Å². The first kappa shape index (κ1) is 17.9. The third-order valence-corrected chi connectivity index (χ3v) is 5.13. The van der Waals surface area contributed by atoms with Crippen molar-refractivity contribution in [1.29, 1.82) is 0 Å². The van der Waals surface area contributed by atoms with Crippen molar-refractivity contribution in [2.24, 2.45) is 0 Å². The molecular weight excluding hydrogens is 537 g/mol. The van der Waals surface area contributed by atoms with E-state index in [2.05, 4.69) is 41.0 Å². The fourth-order valence-corrected chi connectivity index (χ4v) is 3.85. The van der Waals surface area contributed by atoms with Gasteiger partial charge in [0.05, 0.1) is 16.9 Å². The standard InChI is InChI=1S/C25H15N2O.Ir/c1-2-8-17(9-3-1)25-26-21-11-5-6-12-22(21)27(25)18-14-15-20-19-10-4-7-13-23(19)28-24(20)16-18;/h1-8,10-16H;/q-1;. The quantitative estimate of drug-likeness (QED) is 0.234. The van der Waals surface area contributed by atoms with Crippen LogP contribution in [0.15, 0.2) is 95.4 Å². The molecule has 6 rings (SSSR count). The van der Waals surface area contributed by atoms with Gasteiger partial charge in [0, 0.05) is 42.6 Å². The van der Waals surface area contributed by atoms with Gasteiger partial charge in [-0.15, -0.1) is 35.9 Å². The fourth-order valence-electron chi connectivity index (χ4n) is 3.85. The third-order valence-electron chi connectivity index (χ3n) is 5.13. The van der Waals surface area contributed by atoms with Gasteiger partial charge in [-0.05, 0) is 30.3 Å². The Balaban J connectivity index is 0.00000181. The van der Waals surface area contributed by atoms with Gasteiger partial charge >= 0.3 is 0 Å². The van der Waals surface area contributed by atoms with Crippen molar-refractivity contribution in [2.45, 2.75) is 0 Å². The zero-order valence-electron chi connectivity index (χ0n) is 15.3. The van der Waals surface area contributed by atoms with Crippen LogP contribution in [0.2, 0.25) is 0 Å². The molecule has 0 N–H and O–H groups in total. The average molecular weight is 552 g/mol. The summed E-state index contributed by atoms with van der Waals surface area (Å²) in [7, 11) is 0. The van der Waals surface area contributed by atoms with E-state index in [0.717, 1.165) is 50.0 Å². The molecule has 0 fully saturated rings. The van der Waals surface area contributed by atoms with Gasteiger partial charge in [0.2, 0.25) is 0 Å². The van der Waals surface area contributed by atoms with E-state index in [1.54, 1.807) is 0 Å². The molecule has 0 aliphatic heterocycles. The summed E-state index contributed by atoms with van der Waals surface area (Å²) in [6, 6.07) is 33.9. The van der Waals surface area contributed by atoms with Crippen molar-refractivity contribution in [1.82, 2.24) is 9.55 Å². The number of hydrogen-bond donors (Lipinski definition) is 0. The van der Waals surface area contributed by atoms with E-state index in [1.165, 1.54) is 0 Å².